The van der Waals surface area contributed by atoms with Gasteiger partial charge in [-0.15, -0.1) is 0 Å². The van der Waals surface area contributed by atoms with Gasteiger partial charge in [-0.25, -0.2) is 8.42 Å². The van der Waals surface area contributed by atoms with Crippen LogP contribution in [0.5, 0.6) is 0 Å². The average molecular weight is 369 g/mol. The van der Waals surface area contributed by atoms with Gasteiger partial charge in [0, 0.05) is 24.2 Å². The number of piperidine rings is 1. The Morgan fingerprint density at radius 1 is 1.47 bits per heavy atom. The van der Waals surface area contributed by atoms with Crippen molar-refractivity contribution in [1.29, 1.82) is 0 Å². The van der Waals surface area contributed by atoms with Crippen molar-refractivity contribution in [3.05, 3.63) is 27.7 Å². The molecular weight excluding hydrogens is 354 g/mol. The predicted octanol–water partition coefficient (Wildman–Crippen LogP) is 2.50. The monoisotopic (exact) mass is 367 g/mol. The molecule has 1 heterocycles. The molecule has 1 atom stereocenters. The zero-order chi connectivity index (χ0) is 14.0. The molecule has 0 bridgehead atoms. The second-order valence-corrected chi connectivity index (χ2v) is 7.86. The summed E-state index contributed by atoms with van der Waals surface area (Å²) in [5.41, 5.74) is 0. The minimum atomic E-state index is -3.58. The molecule has 0 saturated carbocycles. The van der Waals surface area contributed by atoms with Gasteiger partial charge in [0.05, 0.1) is 5.02 Å². The summed E-state index contributed by atoms with van der Waals surface area (Å²) in [7, 11) is -3.58. The normalized spacial score (nSPS) is 21.5. The van der Waals surface area contributed by atoms with Crippen LogP contribution in [0.2, 0.25) is 5.02 Å². The molecule has 1 aliphatic rings. The number of aliphatic hydroxyl groups is 1. The number of hydrogen-bond acceptors (Lipinski definition) is 3. The number of nitrogens with zero attached hydrogens (tertiary/aromatic N) is 1. The molecule has 1 saturated heterocycles. The van der Waals surface area contributed by atoms with E-state index >= 15 is 0 Å². The fourth-order valence-corrected chi connectivity index (χ4v) is 4.78. The lowest BCUT2D eigenvalue weighted by atomic mass is 10.0. The van der Waals surface area contributed by atoms with Crippen molar-refractivity contribution >= 4 is 37.6 Å². The van der Waals surface area contributed by atoms with Gasteiger partial charge in [-0.05, 0) is 37.0 Å². The Bertz CT molecular complexity index is 564. The largest absolute Gasteiger partial charge is 0.396 e. The van der Waals surface area contributed by atoms with E-state index in [0.717, 1.165) is 17.3 Å². The van der Waals surface area contributed by atoms with Crippen LogP contribution < -0.4 is 0 Å². The molecule has 0 amide bonds. The highest BCUT2D eigenvalue weighted by Gasteiger charge is 2.31. The molecule has 1 aromatic carbocycles. The lowest BCUT2D eigenvalue weighted by molar-refractivity contribution is 0.165. The van der Waals surface area contributed by atoms with E-state index in [1.165, 1.54) is 10.4 Å². The molecule has 1 fully saturated rings. The van der Waals surface area contributed by atoms with Gasteiger partial charge in [0.1, 0.15) is 4.90 Å². The van der Waals surface area contributed by atoms with Gasteiger partial charge in [0.2, 0.25) is 10.0 Å². The van der Waals surface area contributed by atoms with Crippen LogP contribution in [-0.2, 0) is 10.0 Å². The standard InChI is InChI=1S/C12H15BrClNO3S/c13-10-3-4-12(11(14)6-10)19(17,18)15-5-1-2-9(7-15)8-16/h3-4,6,9,16H,1-2,5,7-8H2. The third-order valence-corrected chi connectivity index (χ3v) is 6.09. The first-order valence-corrected chi connectivity index (χ1v) is 8.62. The molecule has 4 nitrogen and oxygen atoms in total. The molecule has 1 N–H and O–H groups in total. The summed E-state index contributed by atoms with van der Waals surface area (Å²) in [5.74, 6) is 0.0118. The van der Waals surface area contributed by atoms with Crippen LogP contribution in [0.15, 0.2) is 27.6 Å². The Labute approximate surface area is 126 Å². The summed E-state index contributed by atoms with van der Waals surface area (Å²) in [6, 6.07) is 4.73. The number of hydrogen-bond donors (Lipinski definition) is 1. The molecule has 0 aromatic heterocycles. The quantitative estimate of drug-likeness (QED) is 0.892. The molecule has 19 heavy (non-hydrogen) atoms. The van der Waals surface area contributed by atoms with Crippen molar-refractivity contribution in [2.75, 3.05) is 19.7 Å². The van der Waals surface area contributed by atoms with Crippen LogP contribution in [0.25, 0.3) is 0 Å². The molecule has 1 aromatic rings. The highest BCUT2D eigenvalue weighted by atomic mass is 79.9. The van der Waals surface area contributed by atoms with Crippen LogP contribution in [0.1, 0.15) is 12.8 Å². The third kappa shape index (κ3) is 3.31. The van der Waals surface area contributed by atoms with E-state index in [2.05, 4.69) is 15.9 Å². The maximum Gasteiger partial charge on any atom is 0.244 e. The number of halogens is 2. The Morgan fingerprint density at radius 2 is 2.21 bits per heavy atom. The first-order valence-electron chi connectivity index (χ1n) is 6.01. The van der Waals surface area contributed by atoms with Gasteiger partial charge in [0.15, 0.2) is 0 Å². The second-order valence-electron chi connectivity index (χ2n) is 4.63. The van der Waals surface area contributed by atoms with Crippen molar-refractivity contribution in [2.24, 2.45) is 5.92 Å². The first kappa shape index (κ1) is 15.3. The van der Waals surface area contributed by atoms with E-state index in [1.54, 1.807) is 12.1 Å². The Hall–Kier alpha value is -0.140. The summed E-state index contributed by atoms with van der Waals surface area (Å²) in [5, 5.41) is 9.39. The molecular formula is C12H15BrClNO3S. The maximum absolute atomic E-state index is 12.5. The zero-order valence-corrected chi connectivity index (χ0v) is 13.4. The third-order valence-electron chi connectivity index (χ3n) is 3.25. The molecule has 106 valence electrons. The fraction of sp³-hybridized carbons (Fsp3) is 0.500. The number of benzene rings is 1. The van der Waals surface area contributed by atoms with Gasteiger partial charge in [-0.1, -0.05) is 27.5 Å². The SMILES string of the molecule is O=S(=O)(c1ccc(Br)cc1Cl)N1CCCC(CO)C1. The summed E-state index contributed by atoms with van der Waals surface area (Å²) in [6.07, 6.45) is 1.62. The van der Waals surface area contributed by atoms with Crippen molar-refractivity contribution in [3.8, 4) is 0 Å². The zero-order valence-electron chi connectivity index (χ0n) is 10.2. The molecule has 0 aliphatic carbocycles. The smallest absolute Gasteiger partial charge is 0.244 e. The number of sulfonamides is 1. The van der Waals surface area contributed by atoms with Gasteiger partial charge < -0.3 is 5.11 Å². The van der Waals surface area contributed by atoms with E-state index in [0.29, 0.717) is 13.1 Å². The van der Waals surface area contributed by atoms with Crippen molar-refractivity contribution in [2.45, 2.75) is 17.7 Å². The summed E-state index contributed by atoms with van der Waals surface area (Å²) in [4.78, 5) is 0.121. The van der Waals surface area contributed by atoms with Crippen molar-refractivity contribution in [1.82, 2.24) is 4.31 Å². The van der Waals surface area contributed by atoms with Gasteiger partial charge in [-0.3, -0.25) is 0 Å². The Morgan fingerprint density at radius 3 is 2.84 bits per heavy atom. The average Bonchev–Trinajstić information content (AvgIpc) is 2.38. The van der Waals surface area contributed by atoms with Crippen LogP contribution in [0, 0.1) is 5.92 Å². The first-order chi connectivity index (χ1) is 8.95. The summed E-state index contributed by atoms with van der Waals surface area (Å²) >= 11 is 9.27. The van der Waals surface area contributed by atoms with E-state index in [-0.39, 0.29) is 22.4 Å². The Balaban J connectivity index is 2.31. The highest BCUT2D eigenvalue weighted by Crippen LogP contribution is 2.30. The summed E-state index contributed by atoms with van der Waals surface area (Å²) < 4.78 is 27.2. The number of aliphatic hydroxyl groups excluding tert-OH is 1. The molecule has 0 spiro atoms. The molecule has 1 aliphatic heterocycles. The van der Waals surface area contributed by atoms with E-state index < -0.39 is 10.0 Å². The number of rotatable bonds is 3. The molecule has 7 heteroatoms. The van der Waals surface area contributed by atoms with E-state index in [9.17, 15) is 13.5 Å². The van der Waals surface area contributed by atoms with Gasteiger partial charge >= 0.3 is 0 Å². The maximum atomic E-state index is 12.5. The van der Waals surface area contributed by atoms with Crippen molar-refractivity contribution in [3.63, 3.8) is 0 Å². The molecule has 1 unspecified atom stereocenters. The van der Waals surface area contributed by atoms with Crippen molar-refractivity contribution < 1.29 is 13.5 Å². The lowest BCUT2D eigenvalue weighted by Gasteiger charge is -2.31. The second kappa shape index (κ2) is 6.10. The fourth-order valence-electron chi connectivity index (χ4n) is 2.22. The predicted molar refractivity (Wildman–Crippen MR) is 77.7 cm³/mol. The van der Waals surface area contributed by atoms with Crippen LogP contribution in [0.3, 0.4) is 0 Å². The summed E-state index contributed by atoms with van der Waals surface area (Å²) in [6.45, 7) is 0.844. The Kier molecular flexibility index (Phi) is 4.89. The lowest BCUT2D eigenvalue weighted by Crippen LogP contribution is -2.40. The highest BCUT2D eigenvalue weighted by molar-refractivity contribution is 9.10. The van der Waals surface area contributed by atoms with Crippen LogP contribution in [-0.4, -0.2) is 37.5 Å². The van der Waals surface area contributed by atoms with Gasteiger partial charge in [-0.2, -0.15) is 4.31 Å². The minimum Gasteiger partial charge on any atom is -0.396 e. The molecule has 0 radical (unpaired) electrons. The molecule has 2 rings (SSSR count). The van der Waals surface area contributed by atoms with Crippen LogP contribution in [0.4, 0.5) is 0 Å². The van der Waals surface area contributed by atoms with Crippen LogP contribution >= 0.6 is 27.5 Å². The van der Waals surface area contributed by atoms with E-state index in [4.69, 9.17) is 11.6 Å². The minimum absolute atomic E-state index is 0.0118. The topological polar surface area (TPSA) is 57.6 Å². The van der Waals surface area contributed by atoms with Gasteiger partial charge in [0.25, 0.3) is 0 Å². The van der Waals surface area contributed by atoms with E-state index in [1.807, 2.05) is 0 Å².